The second-order valence-electron chi connectivity index (χ2n) is 6.39. The number of rotatable bonds is 4. The summed E-state index contributed by atoms with van der Waals surface area (Å²) in [4.78, 5) is 21.3. The van der Waals surface area contributed by atoms with Crippen molar-refractivity contribution in [3.8, 4) is 0 Å². The molecular weight excluding hydrogens is 368 g/mol. The summed E-state index contributed by atoms with van der Waals surface area (Å²) >= 11 is 1.55. The van der Waals surface area contributed by atoms with Gasteiger partial charge >= 0.3 is 6.03 Å². The molecule has 2 aromatic carbocycles. The average molecular weight is 388 g/mol. The first-order chi connectivity index (χ1) is 13.8. The maximum Gasteiger partial charge on any atom is 0.321 e. The van der Waals surface area contributed by atoms with Crippen molar-refractivity contribution < 1.29 is 4.79 Å². The van der Waals surface area contributed by atoms with Crippen LogP contribution in [0.15, 0.2) is 90.2 Å². The fourth-order valence-electron chi connectivity index (χ4n) is 3.11. The average Bonchev–Trinajstić information content (AvgIpc) is 3.22. The quantitative estimate of drug-likeness (QED) is 0.700. The number of pyridine rings is 1. The fourth-order valence-corrected chi connectivity index (χ4v) is 4.06. The van der Waals surface area contributed by atoms with Gasteiger partial charge in [-0.15, -0.1) is 0 Å². The molecule has 140 valence electrons. The lowest BCUT2D eigenvalue weighted by Crippen LogP contribution is -2.40. The van der Waals surface area contributed by atoms with Crippen LogP contribution in [0, 0.1) is 0 Å². The Labute approximate surface area is 168 Å². The number of nitrogens with zero attached hydrogens (tertiary/aromatic N) is 2. The van der Waals surface area contributed by atoms with Crippen LogP contribution >= 0.6 is 11.8 Å². The smallest absolute Gasteiger partial charge is 0.321 e. The Bertz CT molecular complexity index is 909. The van der Waals surface area contributed by atoms with E-state index >= 15 is 0 Å². The van der Waals surface area contributed by atoms with Gasteiger partial charge in [0.05, 0.1) is 12.1 Å². The standard InChI is InChI=1S/C22H20N4OS/c27-21(26-22-24-19(15-28-22)16-11-13-23-14-12-16)25-20(17-7-3-1-4-8-17)18-9-5-2-6-10-18/h1-14,19-20H,15H2,(H2,24,25,26,27). The molecule has 0 aliphatic carbocycles. The summed E-state index contributed by atoms with van der Waals surface area (Å²) in [6, 6.07) is 23.3. The number of thioether (sulfide) groups is 1. The number of hydrogen-bond acceptors (Lipinski definition) is 4. The van der Waals surface area contributed by atoms with Crippen LogP contribution in [0.5, 0.6) is 0 Å². The molecule has 2 amide bonds. The first kappa shape index (κ1) is 18.3. The van der Waals surface area contributed by atoms with E-state index < -0.39 is 0 Å². The van der Waals surface area contributed by atoms with Gasteiger partial charge in [-0.3, -0.25) is 15.3 Å². The van der Waals surface area contributed by atoms with Crippen molar-refractivity contribution in [2.75, 3.05) is 5.75 Å². The molecule has 3 aromatic rings. The number of carbonyl (C=O) groups excluding carboxylic acids is 1. The minimum absolute atomic E-state index is 0.0438. The third-order valence-electron chi connectivity index (χ3n) is 4.50. The van der Waals surface area contributed by atoms with Gasteiger partial charge in [-0.1, -0.05) is 72.4 Å². The number of aliphatic imine (C=N–C) groups is 1. The first-order valence-electron chi connectivity index (χ1n) is 9.07. The van der Waals surface area contributed by atoms with Gasteiger partial charge in [-0.2, -0.15) is 0 Å². The summed E-state index contributed by atoms with van der Waals surface area (Å²) in [5, 5.41) is 6.61. The second-order valence-corrected chi connectivity index (χ2v) is 7.40. The molecule has 0 bridgehead atoms. The summed E-state index contributed by atoms with van der Waals surface area (Å²) in [5.74, 6) is 0.806. The first-order valence-corrected chi connectivity index (χ1v) is 10.1. The molecule has 6 heteroatoms. The van der Waals surface area contributed by atoms with Crippen LogP contribution in [-0.4, -0.2) is 21.9 Å². The predicted octanol–water partition coefficient (Wildman–Crippen LogP) is 4.31. The molecule has 1 aromatic heterocycles. The minimum atomic E-state index is -0.265. The number of benzene rings is 2. The van der Waals surface area contributed by atoms with Gasteiger partial charge in [0, 0.05) is 18.1 Å². The molecule has 0 saturated heterocycles. The summed E-state index contributed by atoms with van der Waals surface area (Å²) < 4.78 is 0. The van der Waals surface area contributed by atoms with Crippen molar-refractivity contribution in [2.45, 2.75) is 12.1 Å². The number of aromatic nitrogens is 1. The van der Waals surface area contributed by atoms with Crippen LogP contribution in [0.25, 0.3) is 0 Å². The molecule has 0 fully saturated rings. The van der Waals surface area contributed by atoms with Gasteiger partial charge in [0.15, 0.2) is 5.17 Å². The van der Waals surface area contributed by atoms with Gasteiger partial charge in [0.25, 0.3) is 0 Å². The molecule has 4 rings (SSSR count). The molecule has 5 nitrogen and oxygen atoms in total. The highest BCUT2D eigenvalue weighted by Gasteiger charge is 2.23. The van der Waals surface area contributed by atoms with Crippen molar-refractivity contribution in [2.24, 2.45) is 4.99 Å². The second kappa shape index (κ2) is 8.71. The number of nitrogens with one attached hydrogen (secondary N) is 2. The van der Waals surface area contributed by atoms with E-state index in [4.69, 9.17) is 0 Å². The van der Waals surface area contributed by atoms with E-state index in [1.807, 2.05) is 72.8 Å². The number of amidine groups is 1. The van der Waals surface area contributed by atoms with Crippen LogP contribution in [-0.2, 0) is 0 Å². The summed E-state index contributed by atoms with van der Waals surface area (Å²) in [6.07, 6.45) is 3.52. The molecular formula is C22H20N4OS. The zero-order valence-corrected chi connectivity index (χ0v) is 16.0. The van der Waals surface area contributed by atoms with E-state index in [1.54, 1.807) is 24.2 Å². The Morgan fingerprint density at radius 2 is 1.54 bits per heavy atom. The largest absolute Gasteiger partial charge is 0.327 e. The van der Waals surface area contributed by atoms with Crippen LogP contribution < -0.4 is 10.6 Å². The third kappa shape index (κ3) is 4.40. The third-order valence-corrected chi connectivity index (χ3v) is 5.47. The fraction of sp³-hybridized carbons (Fsp3) is 0.136. The molecule has 0 radical (unpaired) electrons. The topological polar surface area (TPSA) is 66.4 Å². The van der Waals surface area contributed by atoms with E-state index in [0.29, 0.717) is 5.17 Å². The molecule has 2 heterocycles. The van der Waals surface area contributed by atoms with Gasteiger partial charge < -0.3 is 5.32 Å². The number of carbonyl (C=O) groups is 1. The van der Waals surface area contributed by atoms with E-state index in [9.17, 15) is 4.79 Å². The SMILES string of the molecule is O=C(NC1=NC(c2ccncc2)CS1)NC(c1ccccc1)c1ccccc1. The molecule has 1 aliphatic heterocycles. The Balaban J connectivity index is 1.47. The summed E-state index contributed by atoms with van der Waals surface area (Å²) in [6.45, 7) is 0. The number of urea groups is 1. The van der Waals surface area contributed by atoms with E-state index in [-0.39, 0.29) is 18.1 Å². The normalized spacial score (nSPS) is 15.9. The lowest BCUT2D eigenvalue weighted by Gasteiger charge is -2.20. The lowest BCUT2D eigenvalue weighted by atomic mass is 9.99. The maximum atomic E-state index is 12.7. The molecule has 0 spiro atoms. The Morgan fingerprint density at radius 3 is 2.14 bits per heavy atom. The Morgan fingerprint density at radius 1 is 0.929 bits per heavy atom. The van der Waals surface area contributed by atoms with Gasteiger partial charge in [0.2, 0.25) is 0 Å². The van der Waals surface area contributed by atoms with Crippen LogP contribution in [0.1, 0.15) is 28.8 Å². The van der Waals surface area contributed by atoms with E-state index in [2.05, 4.69) is 20.6 Å². The number of amides is 2. The van der Waals surface area contributed by atoms with E-state index in [1.165, 1.54) is 0 Å². The molecule has 1 atom stereocenters. The van der Waals surface area contributed by atoms with Crippen molar-refractivity contribution in [3.63, 3.8) is 0 Å². The Hall–Kier alpha value is -3.12. The molecule has 1 aliphatic rings. The van der Waals surface area contributed by atoms with Gasteiger partial charge in [-0.05, 0) is 28.8 Å². The maximum absolute atomic E-state index is 12.7. The lowest BCUT2D eigenvalue weighted by molar-refractivity contribution is 0.243. The van der Waals surface area contributed by atoms with Crippen LogP contribution in [0.4, 0.5) is 4.79 Å². The highest BCUT2D eigenvalue weighted by Crippen LogP contribution is 2.29. The van der Waals surface area contributed by atoms with Crippen molar-refractivity contribution in [1.29, 1.82) is 0 Å². The monoisotopic (exact) mass is 388 g/mol. The highest BCUT2D eigenvalue weighted by molar-refractivity contribution is 8.14. The summed E-state index contributed by atoms with van der Waals surface area (Å²) in [7, 11) is 0. The van der Waals surface area contributed by atoms with E-state index in [0.717, 1.165) is 22.4 Å². The van der Waals surface area contributed by atoms with Crippen LogP contribution in [0.2, 0.25) is 0 Å². The van der Waals surface area contributed by atoms with Crippen molar-refractivity contribution in [3.05, 3.63) is 102 Å². The number of hydrogen-bond donors (Lipinski definition) is 2. The predicted molar refractivity (Wildman–Crippen MR) is 113 cm³/mol. The highest BCUT2D eigenvalue weighted by atomic mass is 32.2. The molecule has 0 saturated carbocycles. The zero-order valence-electron chi connectivity index (χ0n) is 15.2. The van der Waals surface area contributed by atoms with Gasteiger partial charge in [0.1, 0.15) is 0 Å². The zero-order chi connectivity index (χ0) is 19.2. The Kier molecular flexibility index (Phi) is 5.68. The molecule has 28 heavy (non-hydrogen) atoms. The van der Waals surface area contributed by atoms with Crippen molar-refractivity contribution in [1.82, 2.24) is 15.6 Å². The molecule has 2 N–H and O–H groups in total. The molecule has 1 unspecified atom stereocenters. The minimum Gasteiger partial charge on any atom is -0.327 e. The van der Waals surface area contributed by atoms with Gasteiger partial charge in [-0.25, -0.2) is 4.79 Å². The van der Waals surface area contributed by atoms with Crippen LogP contribution in [0.3, 0.4) is 0 Å². The summed E-state index contributed by atoms with van der Waals surface area (Å²) in [5.41, 5.74) is 3.16. The van der Waals surface area contributed by atoms with Crippen molar-refractivity contribution >= 4 is 23.0 Å².